The van der Waals surface area contributed by atoms with E-state index in [9.17, 15) is 9.59 Å². The smallest absolute Gasteiger partial charge is 0.312 e. The van der Waals surface area contributed by atoms with Gasteiger partial charge in [0.1, 0.15) is 0 Å². The predicted octanol–water partition coefficient (Wildman–Crippen LogP) is 3.29. The number of amides is 3. The molecule has 5 nitrogen and oxygen atoms in total. The molecule has 128 valence electrons. The molecular weight excluding hydrogens is 322 g/mol. The van der Waals surface area contributed by atoms with E-state index in [4.69, 9.17) is 5.73 Å². The van der Waals surface area contributed by atoms with Gasteiger partial charge in [0.25, 0.3) is 0 Å². The van der Waals surface area contributed by atoms with Crippen LogP contribution in [0.2, 0.25) is 0 Å². The van der Waals surface area contributed by atoms with Crippen LogP contribution in [0.4, 0.5) is 4.79 Å². The standard InChI is InChI=1S/C18H23N3O2S/c1-3-13-6-8-14(9-7-13)12(2)20-17(22)11-15(21-18(19)23)16-5-4-10-24-16/h4-10,12,15H,3,11H2,1-2H3,(H,20,22)(H3,19,21,23)/t12-,15+/m0/s1. The van der Waals surface area contributed by atoms with Gasteiger partial charge >= 0.3 is 6.03 Å². The van der Waals surface area contributed by atoms with E-state index >= 15 is 0 Å². The zero-order chi connectivity index (χ0) is 17.5. The second kappa shape index (κ2) is 8.49. The van der Waals surface area contributed by atoms with Crippen LogP contribution in [0.3, 0.4) is 0 Å². The van der Waals surface area contributed by atoms with Gasteiger partial charge in [-0.05, 0) is 35.9 Å². The third-order valence-corrected chi connectivity index (χ3v) is 4.84. The lowest BCUT2D eigenvalue weighted by Crippen LogP contribution is -2.36. The van der Waals surface area contributed by atoms with E-state index in [1.54, 1.807) is 0 Å². The molecule has 0 saturated carbocycles. The van der Waals surface area contributed by atoms with Crippen molar-refractivity contribution in [2.75, 3.05) is 0 Å². The molecule has 0 unspecified atom stereocenters. The molecule has 0 fully saturated rings. The van der Waals surface area contributed by atoms with E-state index < -0.39 is 12.1 Å². The number of nitrogens with two attached hydrogens (primary N) is 1. The molecule has 2 aromatic rings. The summed E-state index contributed by atoms with van der Waals surface area (Å²) in [5, 5.41) is 7.51. The monoisotopic (exact) mass is 345 g/mol. The molecule has 2 rings (SSSR count). The molecule has 6 heteroatoms. The molecule has 2 atom stereocenters. The molecule has 1 aromatic heterocycles. The summed E-state index contributed by atoms with van der Waals surface area (Å²) in [7, 11) is 0. The quantitative estimate of drug-likeness (QED) is 0.719. The van der Waals surface area contributed by atoms with E-state index in [0.717, 1.165) is 16.9 Å². The number of urea groups is 1. The summed E-state index contributed by atoms with van der Waals surface area (Å²) in [6, 6.07) is 10.8. The number of nitrogens with one attached hydrogen (secondary N) is 2. The molecule has 0 bridgehead atoms. The van der Waals surface area contributed by atoms with Crippen molar-refractivity contribution in [1.29, 1.82) is 0 Å². The summed E-state index contributed by atoms with van der Waals surface area (Å²) in [5.74, 6) is -0.130. The molecular formula is C18H23N3O2S. The van der Waals surface area contributed by atoms with Gasteiger partial charge in [0.2, 0.25) is 5.91 Å². The predicted molar refractivity (Wildman–Crippen MR) is 96.8 cm³/mol. The Hall–Kier alpha value is -2.34. The lowest BCUT2D eigenvalue weighted by atomic mass is 10.0. The second-order valence-electron chi connectivity index (χ2n) is 5.67. The van der Waals surface area contributed by atoms with E-state index in [0.29, 0.717) is 0 Å². The zero-order valence-electron chi connectivity index (χ0n) is 13.9. The zero-order valence-corrected chi connectivity index (χ0v) is 14.7. The van der Waals surface area contributed by atoms with Gasteiger partial charge in [0.05, 0.1) is 18.5 Å². The molecule has 0 radical (unpaired) electrons. The van der Waals surface area contributed by atoms with Crippen LogP contribution in [0.1, 0.15) is 48.4 Å². The van der Waals surface area contributed by atoms with Crippen molar-refractivity contribution in [1.82, 2.24) is 10.6 Å². The Balaban J connectivity index is 1.97. The number of carbonyl (C=O) groups is 2. The molecule has 0 aliphatic carbocycles. The number of hydrogen-bond acceptors (Lipinski definition) is 3. The summed E-state index contributed by atoms with van der Waals surface area (Å²) in [6.45, 7) is 4.05. The van der Waals surface area contributed by atoms with Crippen molar-refractivity contribution in [2.45, 2.75) is 38.8 Å². The Morgan fingerprint density at radius 2 is 1.88 bits per heavy atom. The summed E-state index contributed by atoms with van der Waals surface area (Å²) in [4.78, 5) is 24.4. The van der Waals surface area contributed by atoms with Crippen LogP contribution in [0, 0.1) is 0 Å². The molecule has 0 saturated heterocycles. The van der Waals surface area contributed by atoms with Crippen molar-refractivity contribution >= 4 is 23.3 Å². The topological polar surface area (TPSA) is 84.2 Å². The molecule has 4 N–H and O–H groups in total. The number of rotatable bonds is 7. The van der Waals surface area contributed by atoms with Gasteiger partial charge in [-0.25, -0.2) is 4.79 Å². The highest BCUT2D eigenvalue weighted by atomic mass is 32.1. The van der Waals surface area contributed by atoms with Gasteiger partial charge in [-0.2, -0.15) is 0 Å². The van der Waals surface area contributed by atoms with Crippen LogP contribution in [0.25, 0.3) is 0 Å². The van der Waals surface area contributed by atoms with Crippen LogP contribution in [-0.2, 0) is 11.2 Å². The van der Waals surface area contributed by atoms with E-state index in [2.05, 4.69) is 29.7 Å². The lowest BCUT2D eigenvalue weighted by Gasteiger charge is -2.19. The van der Waals surface area contributed by atoms with Crippen molar-refractivity contribution in [2.24, 2.45) is 5.73 Å². The lowest BCUT2D eigenvalue weighted by molar-refractivity contribution is -0.122. The van der Waals surface area contributed by atoms with Crippen molar-refractivity contribution < 1.29 is 9.59 Å². The molecule has 1 heterocycles. The third kappa shape index (κ3) is 5.09. The number of aryl methyl sites for hydroxylation is 1. The van der Waals surface area contributed by atoms with Crippen LogP contribution >= 0.6 is 11.3 Å². The van der Waals surface area contributed by atoms with Crippen LogP contribution in [-0.4, -0.2) is 11.9 Å². The molecule has 3 amide bonds. The first kappa shape index (κ1) is 18.0. The molecule has 24 heavy (non-hydrogen) atoms. The number of benzene rings is 1. The summed E-state index contributed by atoms with van der Waals surface area (Å²) in [6.07, 6.45) is 1.14. The fraction of sp³-hybridized carbons (Fsp3) is 0.333. The number of primary amides is 1. The normalized spacial score (nSPS) is 13.1. The Morgan fingerprint density at radius 3 is 2.42 bits per heavy atom. The fourth-order valence-electron chi connectivity index (χ4n) is 2.50. The fourth-order valence-corrected chi connectivity index (χ4v) is 3.27. The van der Waals surface area contributed by atoms with Gasteiger partial charge in [-0.1, -0.05) is 37.3 Å². The summed E-state index contributed by atoms with van der Waals surface area (Å²) < 4.78 is 0. The van der Waals surface area contributed by atoms with Crippen molar-refractivity contribution in [3.05, 3.63) is 57.8 Å². The van der Waals surface area contributed by atoms with Gasteiger partial charge < -0.3 is 16.4 Å². The Labute approximate surface area is 146 Å². The van der Waals surface area contributed by atoms with Crippen LogP contribution in [0.5, 0.6) is 0 Å². The highest BCUT2D eigenvalue weighted by Gasteiger charge is 2.19. The molecule has 0 spiro atoms. The highest BCUT2D eigenvalue weighted by Crippen LogP contribution is 2.22. The Morgan fingerprint density at radius 1 is 1.17 bits per heavy atom. The van der Waals surface area contributed by atoms with E-state index in [-0.39, 0.29) is 18.4 Å². The first-order valence-electron chi connectivity index (χ1n) is 7.97. The summed E-state index contributed by atoms with van der Waals surface area (Å²) in [5.41, 5.74) is 7.53. The van der Waals surface area contributed by atoms with Gasteiger partial charge in [0.15, 0.2) is 0 Å². The van der Waals surface area contributed by atoms with Gasteiger partial charge in [0, 0.05) is 4.88 Å². The minimum atomic E-state index is -0.635. The minimum Gasteiger partial charge on any atom is -0.352 e. The van der Waals surface area contributed by atoms with Crippen molar-refractivity contribution in [3.8, 4) is 0 Å². The van der Waals surface area contributed by atoms with Crippen LogP contribution < -0.4 is 16.4 Å². The third-order valence-electron chi connectivity index (χ3n) is 3.86. The van der Waals surface area contributed by atoms with Crippen LogP contribution in [0.15, 0.2) is 41.8 Å². The van der Waals surface area contributed by atoms with Crippen molar-refractivity contribution in [3.63, 3.8) is 0 Å². The average molecular weight is 345 g/mol. The largest absolute Gasteiger partial charge is 0.352 e. The molecule has 0 aliphatic heterocycles. The van der Waals surface area contributed by atoms with Gasteiger partial charge in [-0.15, -0.1) is 11.3 Å². The number of hydrogen-bond donors (Lipinski definition) is 3. The van der Waals surface area contributed by atoms with E-state index in [1.165, 1.54) is 16.9 Å². The summed E-state index contributed by atoms with van der Waals surface area (Å²) >= 11 is 1.48. The number of thiophene rings is 1. The van der Waals surface area contributed by atoms with Gasteiger partial charge in [-0.3, -0.25) is 4.79 Å². The highest BCUT2D eigenvalue weighted by molar-refractivity contribution is 7.10. The number of carbonyl (C=O) groups excluding carboxylic acids is 2. The average Bonchev–Trinajstić information content (AvgIpc) is 3.08. The first-order chi connectivity index (χ1) is 11.5. The first-order valence-corrected chi connectivity index (χ1v) is 8.85. The Bertz CT molecular complexity index is 668. The maximum atomic E-state index is 12.3. The minimum absolute atomic E-state index is 0.0963. The molecule has 1 aromatic carbocycles. The molecule has 0 aliphatic rings. The SMILES string of the molecule is CCc1ccc([C@H](C)NC(=O)C[C@@H](NC(N)=O)c2cccs2)cc1. The van der Waals surface area contributed by atoms with E-state index in [1.807, 2.05) is 36.6 Å². The maximum Gasteiger partial charge on any atom is 0.312 e. The second-order valence-corrected chi connectivity index (χ2v) is 6.64. The maximum absolute atomic E-state index is 12.3. The Kier molecular flexibility index (Phi) is 6.37.